The van der Waals surface area contributed by atoms with Crippen LogP contribution < -0.4 is 5.73 Å². The minimum atomic E-state index is 0.0709. The molecule has 1 aromatic rings. The quantitative estimate of drug-likeness (QED) is 0.801. The van der Waals surface area contributed by atoms with Gasteiger partial charge in [0, 0.05) is 24.8 Å². The van der Waals surface area contributed by atoms with E-state index in [1.807, 2.05) is 11.8 Å². The van der Waals surface area contributed by atoms with Gasteiger partial charge in [-0.1, -0.05) is 13.3 Å². The number of carbonyl (C=O) groups excluding carboxylic acids is 1. The van der Waals surface area contributed by atoms with Crippen LogP contribution in [0.1, 0.15) is 35.8 Å². The molecule has 1 aliphatic heterocycles. The lowest BCUT2D eigenvalue weighted by atomic mass is 9.90. The number of piperidine rings is 1. The van der Waals surface area contributed by atoms with Crippen LogP contribution in [-0.2, 0) is 0 Å². The standard InChI is InChI=1S/C12H20N4O/c1-3-9-7-16(5-4-11(9)13)12(17)10-6-14-15-8(10)2/h6,9,11H,3-5,7,13H2,1-2H3,(H,14,15). The Morgan fingerprint density at radius 2 is 2.47 bits per heavy atom. The minimum Gasteiger partial charge on any atom is -0.338 e. The van der Waals surface area contributed by atoms with Gasteiger partial charge in [0.1, 0.15) is 0 Å². The molecule has 17 heavy (non-hydrogen) atoms. The molecule has 2 rings (SSSR count). The number of carbonyl (C=O) groups is 1. The van der Waals surface area contributed by atoms with E-state index in [4.69, 9.17) is 5.73 Å². The van der Waals surface area contributed by atoms with E-state index in [1.165, 1.54) is 0 Å². The first-order chi connectivity index (χ1) is 8.13. The molecule has 0 saturated carbocycles. The number of H-pyrrole nitrogens is 1. The van der Waals surface area contributed by atoms with Crippen LogP contribution in [0.3, 0.4) is 0 Å². The summed E-state index contributed by atoms with van der Waals surface area (Å²) < 4.78 is 0. The number of hydrogen-bond donors (Lipinski definition) is 2. The number of nitrogens with two attached hydrogens (primary N) is 1. The minimum absolute atomic E-state index is 0.0709. The number of likely N-dealkylation sites (tertiary alicyclic amines) is 1. The summed E-state index contributed by atoms with van der Waals surface area (Å²) in [6, 6.07) is 0.231. The zero-order valence-corrected chi connectivity index (χ0v) is 10.4. The van der Waals surface area contributed by atoms with Crippen molar-refractivity contribution in [3.63, 3.8) is 0 Å². The molecule has 0 bridgehead atoms. The van der Waals surface area contributed by atoms with Crippen LogP contribution in [0.25, 0.3) is 0 Å². The maximum Gasteiger partial charge on any atom is 0.257 e. The van der Waals surface area contributed by atoms with E-state index in [2.05, 4.69) is 17.1 Å². The molecule has 1 aliphatic rings. The number of aromatic nitrogens is 2. The largest absolute Gasteiger partial charge is 0.338 e. The van der Waals surface area contributed by atoms with Gasteiger partial charge in [-0.05, 0) is 19.3 Å². The molecule has 1 amide bonds. The summed E-state index contributed by atoms with van der Waals surface area (Å²) in [5, 5.41) is 6.69. The Morgan fingerprint density at radius 3 is 3.06 bits per heavy atom. The number of aryl methyl sites for hydroxylation is 1. The molecule has 1 aromatic heterocycles. The van der Waals surface area contributed by atoms with E-state index in [-0.39, 0.29) is 11.9 Å². The summed E-state index contributed by atoms with van der Waals surface area (Å²) in [6.45, 7) is 5.51. The zero-order valence-electron chi connectivity index (χ0n) is 10.4. The highest BCUT2D eigenvalue weighted by atomic mass is 16.2. The third-order valence-corrected chi connectivity index (χ3v) is 3.66. The van der Waals surface area contributed by atoms with Crippen LogP contribution >= 0.6 is 0 Å². The Bertz CT molecular complexity index is 401. The molecular formula is C12H20N4O. The average molecular weight is 236 g/mol. The lowest BCUT2D eigenvalue weighted by molar-refractivity contribution is 0.0648. The Morgan fingerprint density at radius 1 is 1.71 bits per heavy atom. The van der Waals surface area contributed by atoms with Crippen molar-refractivity contribution in [2.75, 3.05) is 13.1 Å². The van der Waals surface area contributed by atoms with Crippen LogP contribution in [0.15, 0.2) is 6.20 Å². The van der Waals surface area contributed by atoms with Gasteiger partial charge in [-0.3, -0.25) is 9.89 Å². The second-order valence-corrected chi connectivity index (χ2v) is 4.78. The second kappa shape index (κ2) is 4.87. The molecule has 0 spiro atoms. The van der Waals surface area contributed by atoms with Crippen LogP contribution in [0, 0.1) is 12.8 Å². The number of rotatable bonds is 2. The van der Waals surface area contributed by atoms with Crippen molar-refractivity contribution < 1.29 is 4.79 Å². The normalized spacial score (nSPS) is 25.0. The first-order valence-electron chi connectivity index (χ1n) is 6.18. The van der Waals surface area contributed by atoms with Gasteiger partial charge in [-0.15, -0.1) is 0 Å². The van der Waals surface area contributed by atoms with Gasteiger partial charge >= 0.3 is 0 Å². The molecule has 5 heteroatoms. The van der Waals surface area contributed by atoms with Crippen LogP contribution in [0.4, 0.5) is 0 Å². The molecule has 1 fully saturated rings. The van der Waals surface area contributed by atoms with Gasteiger partial charge in [0.2, 0.25) is 0 Å². The summed E-state index contributed by atoms with van der Waals surface area (Å²) in [6.07, 6.45) is 3.52. The van der Waals surface area contributed by atoms with E-state index in [0.29, 0.717) is 11.5 Å². The molecule has 2 heterocycles. The fourth-order valence-electron chi connectivity index (χ4n) is 2.40. The lowest BCUT2D eigenvalue weighted by Crippen LogP contribution is -2.49. The topological polar surface area (TPSA) is 75.0 Å². The average Bonchev–Trinajstić information content (AvgIpc) is 2.75. The molecular weight excluding hydrogens is 216 g/mol. The summed E-state index contributed by atoms with van der Waals surface area (Å²) in [7, 11) is 0. The van der Waals surface area contributed by atoms with Crippen LogP contribution in [0.5, 0.6) is 0 Å². The van der Waals surface area contributed by atoms with Crippen molar-refractivity contribution in [3.05, 3.63) is 17.5 Å². The molecule has 1 saturated heterocycles. The Kier molecular flexibility index (Phi) is 3.47. The van der Waals surface area contributed by atoms with Gasteiger partial charge in [0.25, 0.3) is 5.91 Å². The fourth-order valence-corrected chi connectivity index (χ4v) is 2.40. The monoisotopic (exact) mass is 236 g/mol. The lowest BCUT2D eigenvalue weighted by Gasteiger charge is -2.36. The summed E-state index contributed by atoms with van der Waals surface area (Å²) in [5.41, 5.74) is 7.55. The maximum atomic E-state index is 12.3. The Balaban J connectivity index is 2.09. The first kappa shape index (κ1) is 12.1. The van der Waals surface area contributed by atoms with Gasteiger partial charge in [0.15, 0.2) is 0 Å². The third kappa shape index (κ3) is 2.34. The van der Waals surface area contributed by atoms with Crippen LogP contribution in [-0.4, -0.2) is 40.1 Å². The van der Waals surface area contributed by atoms with E-state index < -0.39 is 0 Å². The van der Waals surface area contributed by atoms with Crippen LogP contribution in [0.2, 0.25) is 0 Å². The van der Waals surface area contributed by atoms with E-state index in [9.17, 15) is 4.79 Å². The predicted molar refractivity (Wildman–Crippen MR) is 65.6 cm³/mol. The summed E-state index contributed by atoms with van der Waals surface area (Å²) >= 11 is 0. The highest BCUT2D eigenvalue weighted by molar-refractivity contribution is 5.95. The maximum absolute atomic E-state index is 12.3. The molecule has 2 unspecified atom stereocenters. The molecule has 94 valence electrons. The molecule has 0 aliphatic carbocycles. The van der Waals surface area contributed by atoms with E-state index in [0.717, 1.165) is 31.6 Å². The highest BCUT2D eigenvalue weighted by Gasteiger charge is 2.29. The smallest absolute Gasteiger partial charge is 0.257 e. The van der Waals surface area contributed by atoms with Crippen molar-refractivity contribution >= 4 is 5.91 Å². The molecule has 0 radical (unpaired) electrons. The van der Waals surface area contributed by atoms with E-state index in [1.54, 1.807) is 6.20 Å². The van der Waals surface area contributed by atoms with Crippen molar-refractivity contribution in [3.8, 4) is 0 Å². The number of amides is 1. The number of nitrogens with zero attached hydrogens (tertiary/aromatic N) is 2. The SMILES string of the molecule is CCC1CN(C(=O)c2cn[nH]c2C)CCC1N. The molecule has 5 nitrogen and oxygen atoms in total. The number of nitrogens with one attached hydrogen (secondary N) is 1. The van der Waals surface area contributed by atoms with Crippen molar-refractivity contribution in [2.45, 2.75) is 32.7 Å². The van der Waals surface area contributed by atoms with E-state index >= 15 is 0 Å². The Labute approximate surface area is 101 Å². The van der Waals surface area contributed by atoms with Crippen molar-refractivity contribution in [1.29, 1.82) is 0 Å². The summed E-state index contributed by atoms with van der Waals surface area (Å²) in [5.74, 6) is 0.488. The predicted octanol–water partition coefficient (Wildman–Crippen LogP) is 0.918. The number of hydrogen-bond acceptors (Lipinski definition) is 3. The molecule has 0 aromatic carbocycles. The first-order valence-corrected chi connectivity index (χ1v) is 6.18. The van der Waals surface area contributed by atoms with Crippen molar-refractivity contribution in [2.24, 2.45) is 11.7 Å². The van der Waals surface area contributed by atoms with Gasteiger partial charge < -0.3 is 10.6 Å². The van der Waals surface area contributed by atoms with Crippen molar-refractivity contribution in [1.82, 2.24) is 15.1 Å². The van der Waals surface area contributed by atoms with Gasteiger partial charge in [-0.2, -0.15) is 5.10 Å². The molecule has 2 atom stereocenters. The Hall–Kier alpha value is -1.36. The second-order valence-electron chi connectivity index (χ2n) is 4.78. The zero-order chi connectivity index (χ0) is 12.4. The number of aromatic amines is 1. The van der Waals surface area contributed by atoms with Gasteiger partial charge in [-0.25, -0.2) is 0 Å². The summed E-state index contributed by atoms with van der Waals surface area (Å²) in [4.78, 5) is 14.2. The van der Waals surface area contributed by atoms with Gasteiger partial charge in [0.05, 0.1) is 11.8 Å². The third-order valence-electron chi connectivity index (χ3n) is 3.66. The fraction of sp³-hybridized carbons (Fsp3) is 0.667. The highest BCUT2D eigenvalue weighted by Crippen LogP contribution is 2.20. The molecule has 3 N–H and O–H groups in total.